The quantitative estimate of drug-likeness (QED) is 0.937. The van der Waals surface area contributed by atoms with E-state index in [1.54, 1.807) is 17.8 Å². The average Bonchev–Trinajstić information content (AvgIpc) is 2.88. The van der Waals surface area contributed by atoms with Crippen LogP contribution in [0.15, 0.2) is 29.1 Å². The maximum atomic E-state index is 13.5. The number of carbonyl (C=O) groups is 1. The van der Waals surface area contributed by atoms with Gasteiger partial charge in [-0.1, -0.05) is 6.07 Å². The Bertz CT molecular complexity index is 552. The van der Waals surface area contributed by atoms with Crippen LogP contribution in [0.4, 0.5) is 8.78 Å². The van der Waals surface area contributed by atoms with E-state index < -0.39 is 11.6 Å². The van der Waals surface area contributed by atoms with Gasteiger partial charge in [0.25, 0.3) is 5.91 Å². The highest BCUT2D eigenvalue weighted by atomic mass is 32.1. The summed E-state index contributed by atoms with van der Waals surface area (Å²) in [6, 6.07) is 3.33. The van der Waals surface area contributed by atoms with Crippen molar-refractivity contribution < 1.29 is 13.6 Å². The zero-order valence-corrected chi connectivity index (χ0v) is 11.0. The number of thiazole rings is 1. The highest BCUT2D eigenvalue weighted by Crippen LogP contribution is 2.14. The lowest BCUT2D eigenvalue weighted by Crippen LogP contribution is -2.34. The number of halogens is 2. The first-order valence-corrected chi connectivity index (χ1v) is 6.64. The number of hydrogen-bond acceptors (Lipinski definition) is 3. The molecule has 1 amide bonds. The number of carbonyl (C=O) groups excluding carboxylic acids is 1. The van der Waals surface area contributed by atoms with Crippen LogP contribution in [0.3, 0.4) is 0 Å². The standard InChI is InChI=1S/C13H12F2N2OS/c1-8(17-13(18)12-6-19-7-16-12)5-9-10(14)3-2-4-11(9)15/h2-4,6-8H,5H2,1H3,(H,17,18). The normalized spacial score (nSPS) is 12.2. The Labute approximate surface area is 113 Å². The van der Waals surface area contributed by atoms with E-state index in [2.05, 4.69) is 10.3 Å². The van der Waals surface area contributed by atoms with Crippen LogP contribution in [0.5, 0.6) is 0 Å². The van der Waals surface area contributed by atoms with Gasteiger partial charge in [0.15, 0.2) is 0 Å². The van der Waals surface area contributed by atoms with Gasteiger partial charge in [0.2, 0.25) is 0 Å². The first-order valence-electron chi connectivity index (χ1n) is 5.70. The van der Waals surface area contributed by atoms with E-state index in [0.717, 1.165) is 0 Å². The van der Waals surface area contributed by atoms with Crippen LogP contribution >= 0.6 is 11.3 Å². The maximum absolute atomic E-state index is 13.5. The zero-order valence-electron chi connectivity index (χ0n) is 10.2. The van der Waals surface area contributed by atoms with Gasteiger partial charge in [-0.15, -0.1) is 11.3 Å². The van der Waals surface area contributed by atoms with Crippen molar-refractivity contribution in [1.29, 1.82) is 0 Å². The Kier molecular flexibility index (Phi) is 4.21. The van der Waals surface area contributed by atoms with Gasteiger partial charge in [-0.2, -0.15) is 0 Å². The summed E-state index contributed by atoms with van der Waals surface area (Å²) in [6.07, 6.45) is 0.0917. The molecule has 0 aliphatic rings. The smallest absolute Gasteiger partial charge is 0.270 e. The van der Waals surface area contributed by atoms with E-state index in [4.69, 9.17) is 0 Å². The van der Waals surface area contributed by atoms with Crippen LogP contribution in [0.25, 0.3) is 0 Å². The summed E-state index contributed by atoms with van der Waals surface area (Å²) in [5.74, 6) is -1.55. The fourth-order valence-corrected chi connectivity index (χ4v) is 2.24. The highest BCUT2D eigenvalue weighted by molar-refractivity contribution is 7.07. The molecular weight excluding hydrogens is 270 g/mol. The highest BCUT2D eigenvalue weighted by Gasteiger charge is 2.15. The Morgan fingerprint density at radius 3 is 2.68 bits per heavy atom. The SMILES string of the molecule is CC(Cc1c(F)cccc1F)NC(=O)c1cscn1. The molecular formula is C13H12F2N2OS. The molecule has 2 rings (SSSR count). The minimum Gasteiger partial charge on any atom is -0.348 e. The number of aromatic nitrogens is 1. The number of hydrogen-bond donors (Lipinski definition) is 1. The zero-order chi connectivity index (χ0) is 13.8. The molecule has 1 unspecified atom stereocenters. The van der Waals surface area contributed by atoms with Crippen LogP contribution in [0, 0.1) is 11.6 Å². The van der Waals surface area contributed by atoms with Gasteiger partial charge >= 0.3 is 0 Å². The molecule has 0 radical (unpaired) electrons. The summed E-state index contributed by atoms with van der Waals surface area (Å²) in [7, 11) is 0. The Morgan fingerprint density at radius 1 is 1.42 bits per heavy atom. The fourth-order valence-electron chi connectivity index (χ4n) is 1.71. The molecule has 1 heterocycles. The maximum Gasteiger partial charge on any atom is 0.270 e. The molecule has 3 nitrogen and oxygen atoms in total. The first kappa shape index (κ1) is 13.6. The third-order valence-corrected chi connectivity index (χ3v) is 3.20. The van der Waals surface area contributed by atoms with E-state index in [-0.39, 0.29) is 23.9 Å². The summed E-state index contributed by atoms with van der Waals surface area (Å²) < 4.78 is 26.9. The number of amides is 1. The van der Waals surface area contributed by atoms with Crippen molar-refractivity contribution in [3.8, 4) is 0 Å². The Balaban J connectivity index is 2.02. The minimum atomic E-state index is -0.602. The first-order chi connectivity index (χ1) is 9.08. The lowest BCUT2D eigenvalue weighted by Gasteiger charge is -2.14. The van der Waals surface area contributed by atoms with Gasteiger partial charge in [-0.3, -0.25) is 4.79 Å². The van der Waals surface area contributed by atoms with Gasteiger partial charge in [0.1, 0.15) is 17.3 Å². The molecule has 0 spiro atoms. The van der Waals surface area contributed by atoms with Crippen LogP contribution < -0.4 is 5.32 Å². The van der Waals surface area contributed by atoms with Gasteiger partial charge in [-0.05, 0) is 25.5 Å². The molecule has 0 saturated heterocycles. The van der Waals surface area contributed by atoms with Gasteiger partial charge < -0.3 is 5.32 Å². The monoisotopic (exact) mass is 282 g/mol. The van der Waals surface area contributed by atoms with Crippen LogP contribution in [0.1, 0.15) is 23.0 Å². The van der Waals surface area contributed by atoms with Crippen molar-refractivity contribution in [3.63, 3.8) is 0 Å². The average molecular weight is 282 g/mol. The predicted molar refractivity (Wildman–Crippen MR) is 69.1 cm³/mol. The number of rotatable bonds is 4. The Hall–Kier alpha value is -1.82. The molecule has 19 heavy (non-hydrogen) atoms. The second kappa shape index (κ2) is 5.88. The van der Waals surface area contributed by atoms with Crippen LogP contribution in [-0.4, -0.2) is 16.9 Å². The molecule has 1 atom stereocenters. The van der Waals surface area contributed by atoms with Crippen LogP contribution in [-0.2, 0) is 6.42 Å². The van der Waals surface area contributed by atoms with Crippen molar-refractivity contribution in [2.45, 2.75) is 19.4 Å². The molecule has 1 aromatic heterocycles. The van der Waals surface area contributed by atoms with E-state index in [1.165, 1.54) is 29.5 Å². The van der Waals surface area contributed by atoms with Gasteiger partial charge in [0.05, 0.1) is 5.51 Å². The summed E-state index contributed by atoms with van der Waals surface area (Å²) in [6.45, 7) is 1.69. The molecule has 0 fully saturated rings. The largest absolute Gasteiger partial charge is 0.348 e. The van der Waals surface area contributed by atoms with Crippen molar-refractivity contribution in [2.24, 2.45) is 0 Å². The topological polar surface area (TPSA) is 42.0 Å². The van der Waals surface area contributed by atoms with Crippen molar-refractivity contribution >= 4 is 17.2 Å². The van der Waals surface area contributed by atoms with E-state index in [0.29, 0.717) is 5.69 Å². The molecule has 1 N–H and O–H groups in total. The van der Waals surface area contributed by atoms with E-state index in [1.807, 2.05) is 0 Å². The van der Waals surface area contributed by atoms with E-state index in [9.17, 15) is 13.6 Å². The van der Waals surface area contributed by atoms with Crippen LogP contribution in [0.2, 0.25) is 0 Å². The van der Waals surface area contributed by atoms with Gasteiger partial charge in [-0.25, -0.2) is 13.8 Å². The van der Waals surface area contributed by atoms with Crippen molar-refractivity contribution in [2.75, 3.05) is 0 Å². The molecule has 0 aliphatic carbocycles. The lowest BCUT2D eigenvalue weighted by atomic mass is 10.1. The number of benzene rings is 1. The summed E-state index contributed by atoms with van der Waals surface area (Å²) in [5.41, 5.74) is 1.84. The number of nitrogens with zero attached hydrogens (tertiary/aromatic N) is 1. The molecule has 100 valence electrons. The minimum absolute atomic E-state index is 0.0198. The van der Waals surface area contributed by atoms with Crippen molar-refractivity contribution in [1.82, 2.24) is 10.3 Å². The van der Waals surface area contributed by atoms with E-state index >= 15 is 0 Å². The summed E-state index contributed by atoms with van der Waals surface area (Å²) >= 11 is 1.31. The number of nitrogens with one attached hydrogen (secondary N) is 1. The second-order valence-electron chi connectivity index (χ2n) is 4.15. The molecule has 0 bridgehead atoms. The summed E-state index contributed by atoms with van der Waals surface area (Å²) in [5, 5.41) is 4.27. The molecule has 0 saturated carbocycles. The molecule has 2 aromatic rings. The van der Waals surface area contributed by atoms with Crippen molar-refractivity contribution in [3.05, 3.63) is 52.0 Å². The van der Waals surface area contributed by atoms with Gasteiger partial charge in [0, 0.05) is 17.0 Å². The lowest BCUT2D eigenvalue weighted by molar-refractivity contribution is 0.0935. The molecule has 1 aromatic carbocycles. The molecule has 6 heteroatoms. The fraction of sp³-hybridized carbons (Fsp3) is 0.231. The predicted octanol–water partition coefficient (Wildman–Crippen LogP) is 2.78. The third kappa shape index (κ3) is 3.35. The second-order valence-corrected chi connectivity index (χ2v) is 4.87. The molecule has 0 aliphatic heterocycles. The third-order valence-electron chi connectivity index (χ3n) is 2.61. The Morgan fingerprint density at radius 2 is 2.11 bits per heavy atom. The summed E-state index contributed by atoms with van der Waals surface area (Å²) in [4.78, 5) is 15.6.